The lowest BCUT2D eigenvalue weighted by atomic mass is 9.89. The van der Waals surface area contributed by atoms with Crippen molar-refractivity contribution in [2.24, 2.45) is 11.8 Å². The number of ether oxygens (including phenoxy) is 2. The molecule has 2 aliphatic rings. The first kappa shape index (κ1) is 21.9. The molecule has 28 heavy (non-hydrogen) atoms. The van der Waals surface area contributed by atoms with Gasteiger partial charge in [0, 0.05) is 24.0 Å². The molecule has 0 heterocycles. The number of esters is 2. The molecular formula is C20H30N2O6. The van der Waals surface area contributed by atoms with Crippen molar-refractivity contribution in [3.63, 3.8) is 0 Å². The number of hydrogen-bond acceptors (Lipinski definition) is 6. The van der Waals surface area contributed by atoms with Gasteiger partial charge in [-0.05, 0) is 25.7 Å². The fourth-order valence-electron chi connectivity index (χ4n) is 3.61. The van der Waals surface area contributed by atoms with Gasteiger partial charge in [-0.2, -0.15) is 0 Å². The summed E-state index contributed by atoms with van der Waals surface area (Å²) in [5.41, 5.74) is 0. The molecule has 2 amide bonds. The second-order valence-electron chi connectivity index (χ2n) is 7.30. The van der Waals surface area contributed by atoms with Gasteiger partial charge in [0.25, 0.3) is 0 Å². The Hall–Kier alpha value is -2.38. The average molecular weight is 394 g/mol. The van der Waals surface area contributed by atoms with Crippen molar-refractivity contribution in [1.82, 2.24) is 10.6 Å². The highest BCUT2D eigenvalue weighted by Crippen LogP contribution is 2.24. The topological polar surface area (TPSA) is 111 Å². The van der Waals surface area contributed by atoms with Crippen LogP contribution in [0.15, 0.2) is 12.2 Å². The summed E-state index contributed by atoms with van der Waals surface area (Å²) in [5.74, 6) is -1.75. The standard InChI is InChI=1S/C20H30N2O6/c23-17(27-13-21-19(25)15-7-3-1-4-8-15)11-12-18(24)28-14-22-20(26)16-9-5-2-6-10-16/h11-12,15-16H,1-10,13-14H2,(H,21,25)(H,22,26)/b12-11+. The van der Waals surface area contributed by atoms with Crippen LogP contribution in [0.5, 0.6) is 0 Å². The maximum Gasteiger partial charge on any atom is 0.332 e. The van der Waals surface area contributed by atoms with Crippen molar-refractivity contribution < 1.29 is 28.7 Å². The lowest BCUT2D eigenvalue weighted by Crippen LogP contribution is -2.34. The monoisotopic (exact) mass is 394 g/mol. The van der Waals surface area contributed by atoms with E-state index in [1.807, 2.05) is 0 Å². The predicted molar refractivity (Wildman–Crippen MR) is 100 cm³/mol. The molecule has 0 unspecified atom stereocenters. The maximum atomic E-state index is 11.9. The molecule has 8 heteroatoms. The Labute approximate surface area is 165 Å². The molecule has 8 nitrogen and oxygen atoms in total. The van der Waals surface area contributed by atoms with Crippen LogP contribution in [-0.4, -0.2) is 37.2 Å². The van der Waals surface area contributed by atoms with Gasteiger partial charge in [-0.1, -0.05) is 38.5 Å². The summed E-state index contributed by atoms with van der Waals surface area (Å²) >= 11 is 0. The van der Waals surface area contributed by atoms with E-state index in [2.05, 4.69) is 10.6 Å². The van der Waals surface area contributed by atoms with Gasteiger partial charge in [0.1, 0.15) is 0 Å². The van der Waals surface area contributed by atoms with E-state index in [4.69, 9.17) is 9.47 Å². The van der Waals surface area contributed by atoms with Gasteiger partial charge in [0.15, 0.2) is 13.5 Å². The van der Waals surface area contributed by atoms with E-state index >= 15 is 0 Å². The highest BCUT2D eigenvalue weighted by atomic mass is 16.5. The van der Waals surface area contributed by atoms with E-state index in [-0.39, 0.29) is 37.1 Å². The van der Waals surface area contributed by atoms with Crippen molar-refractivity contribution in [3.05, 3.63) is 12.2 Å². The summed E-state index contributed by atoms with van der Waals surface area (Å²) in [4.78, 5) is 46.9. The Bertz CT molecular complexity index is 527. The molecule has 2 saturated carbocycles. The van der Waals surface area contributed by atoms with Crippen LogP contribution in [0, 0.1) is 11.8 Å². The minimum absolute atomic E-state index is 0.0122. The van der Waals surface area contributed by atoms with Gasteiger partial charge < -0.3 is 20.1 Å². The minimum atomic E-state index is -0.757. The molecule has 0 spiro atoms. The van der Waals surface area contributed by atoms with Crippen molar-refractivity contribution in [2.45, 2.75) is 64.2 Å². The molecule has 2 aliphatic carbocycles. The summed E-state index contributed by atoms with van der Waals surface area (Å²) in [6, 6.07) is 0. The Morgan fingerprint density at radius 2 is 1.00 bits per heavy atom. The number of hydrogen-bond donors (Lipinski definition) is 2. The summed E-state index contributed by atoms with van der Waals surface area (Å²) in [6.45, 7) is -0.462. The fraction of sp³-hybridized carbons (Fsp3) is 0.700. The van der Waals surface area contributed by atoms with Crippen LogP contribution in [0.1, 0.15) is 64.2 Å². The number of carbonyl (C=O) groups is 4. The Morgan fingerprint density at radius 3 is 1.36 bits per heavy atom. The highest BCUT2D eigenvalue weighted by molar-refractivity contribution is 5.91. The molecule has 0 aliphatic heterocycles. The zero-order valence-corrected chi connectivity index (χ0v) is 16.2. The van der Waals surface area contributed by atoms with Crippen molar-refractivity contribution in [2.75, 3.05) is 13.5 Å². The average Bonchev–Trinajstić information content (AvgIpc) is 2.73. The van der Waals surface area contributed by atoms with Crippen molar-refractivity contribution in [3.8, 4) is 0 Å². The van der Waals surface area contributed by atoms with E-state index in [0.717, 1.165) is 76.4 Å². The number of carbonyl (C=O) groups excluding carboxylic acids is 4. The first-order valence-corrected chi connectivity index (χ1v) is 10.1. The van der Waals surface area contributed by atoms with Crippen LogP contribution in [-0.2, 0) is 28.7 Å². The van der Waals surface area contributed by atoms with Crippen LogP contribution in [0.25, 0.3) is 0 Å². The van der Waals surface area contributed by atoms with Gasteiger partial charge in [0.05, 0.1) is 0 Å². The third-order valence-electron chi connectivity index (χ3n) is 5.23. The number of amides is 2. The molecule has 156 valence electrons. The zero-order chi connectivity index (χ0) is 20.2. The van der Waals surface area contributed by atoms with Gasteiger partial charge in [-0.15, -0.1) is 0 Å². The van der Waals surface area contributed by atoms with Crippen LogP contribution >= 0.6 is 0 Å². The highest BCUT2D eigenvalue weighted by Gasteiger charge is 2.21. The third-order valence-corrected chi connectivity index (χ3v) is 5.23. The third kappa shape index (κ3) is 8.10. The van der Waals surface area contributed by atoms with E-state index in [1.54, 1.807) is 0 Å². The lowest BCUT2D eigenvalue weighted by Gasteiger charge is -2.20. The van der Waals surface area contributed by atoms with Gasteiger partial charge >= 0.3 is 11.9 Å². The molecule has 2 rings (SSSR count). The summed E-state index contributed by atoms with van der Waals surface area (Å²) < 4.78 is 9.68. The molecule has 0 radical (unpaired) electrons. The molecule has 2 fully saturated rings. The summed E-state index contributed by atoms with van der Waals surface area (Å²) in [5, 5.41) is 5.14. The summed E-state index contributed by atoms with van der Waals surface area (Å²) in [6.07, 6.45) is 11.8. The quantitative estimate of drug-likeness (QED) is 0.370. The van der Waals surface area contributed by atoms with E-state index in [0.29, 0.717) is 0 Å². The van der Waals surface area contributed by atoms with Crippen molar-refractivity contribution >= 4 is 23.8 Å². The Balaban J connectivity index is 1.54. The van der Waals surface area contributed by atoms with Gasteiger partial charge in [-0.3, -0.25) is 9.59 Å². The molecule has 0 atom stereocenters. The zero-order valence-electron chi connectivity index (χ0n) is 16.2. The largest absolute Gasteiger partial charge is 0.441 e. The molecule has 0 bridgehead atoms. The van der Waals surface area contributed by atoms with E-state index < -0.39 is 11.9 Å². The van der Waals surface area contributed by atoms with Crippen LogP contribution in [0.2, 0.25) is 0 Å². The molecule has 0 saturated heterocycles. The Kier molecular flexibility index (Phi) is 9.51. The number of nitrogens with one attached hydrogen (secondary N) is 2. The van der Waals surface area contributed by atoms with Crippen LogP contribution in [0.4, 0.5) is 0 Å². The van der Waals surface area contributed by atoms with Crippen molar-refractivity contribution in [1.29, 1.82) is 0 Å². The second-order valence-corrected chi connectivity index (χ2v) is 7.30. The summed E-state index contributed by atoms with van der Waals surface area (Å²) in [7, 11) is 0. The van der Waals surface area contributed by atoms with Gasteiger partial charge in [-0.25, -0.2) is 9.59 Å². The molecular weight excluding hydrogens is 364 g/mol. The first-order valence-electron chi connectivity index (χ1n) is 10.1. The molecule has 0 aromatic heterocycles. The normalized spacial score (nSPS) is 18.4. The molecule has 0 aromatic carbocycles. The second kappa shape index (κ2) is 12.2. The van der Waals surface area contributed by atoms with Gasteiger partial charge in [0.2, 0.25) is 11.8 Å². The van der Waals surface area contributed by atoms with E-state index in [9.17, 15) is 19.2 Å². The lowest BCUT2D eigenvalue weighted by molar-refractivity contribution is -0.143. The smallest absolute Gasteiger partial charge is 0.332 e. The Morgan fingerprint density at radius 1 is 0.643 bits per heavy atom. The van der Waals surface area contributed by atoms with E-state index in [1.165, 1.54) is 0 Å². The first-order chi connectivity index (χ1) is 13.6. The van der Waals surface area contributed by atoms with Crippen LogP contribution in [0.3, 0.4) is 0 Å². The number of rotatable bonds is 8. The maximum absolute atomic E-state index is 11.9. The predicted octanol–water partition coefficient (Wildman–Crippen LogP) is 1.94. The SMILES string of the molecule is O=C(/C=C/C(=O)OCNC(=O)C1CCCCC1)OCNC(=O)C1CCCCC1. The molecule has 2 N–H and O–H groups in total. The molecule has 0 aromatic rings. The fourth-order valence-corrected chi connectivity index (χ4v) is 3.61. The minimum Gasteiger partial charge on any atom is -0.441 e. The van der Waals surface area contributed by atoms with Crippen LogP contribution < -0.4 is 10.6 Å².